The number of nitrogens with one attached hydrogen (secondary N) is 2. The zero-order chi connectivity index (χ0) is 17.2. The predicted octanol–water partition coefficient (Wildman–Crippen LogP) is 2.50. The summed E-state index contributed by atoms with van der Waals surface area (Å²) in [6.45, 7) is 1.82. The van der Waals surface area contributed by atoms with E-state index in [-0.39, 0.29) is 5.91 Å². The van der Waals surface area contributed by atoms with Crippen LogP contribution >= 0.6 is 0 Å². The molecule has 5 nitrogen and oxygen atoms in total. The zero-order valence-electron chi connectivity index (χ0n) is 14.2. The maximum absolute atomic E-state index is 11.9. The van der Waals surface area contributed by atoms with Gasteiger partial charge >= 0.3 is 0 Å². The van der Waals surface area contributed by atoms with Crippen LogP contribution in [0.1, 0.15) is 17.5 Å². The molecule has 0 saturated carbocycles. The minimum Gasteiger partial charge on any atom is -0.497 e. The molecule has 0 bridgehead atoms. The number of ether oxygens (including phenoxy) is 2. The van der Waals surface area contributed by atoms with E-state index in [9.17, 15) is 4.79 Å². The van der Waals surface area contributed by atoms with Crippen LogP contribution in [0, 0.1) is 0 Å². The first kappa shape index (κ1) is 17.8. The van der Waals surface area contributed by atoms with E-state index in [0.29, 0.717) is 26.1 Å². The summed E-state index contributed by atoms with van der Waals surface area (Å²) < 4.78 is 10.4. The van der Waals surface area contributed by atoms with Gasteiger partial charge in [-0.3, -0.25) is 4.79 Å². The normalized spacial score (nSPS) is 10.2. The summed E-state index contributed by atoms with van der Waals surface area (Å²) in [6, 6.07) is 15.5. The van der Waals surface area contributed by atoms with Crippen molar-refractivity contribution in [3.8, 4) is 11.5 Å². The molecule has 2 N–H and O–H groups in total. The summed E-state index contributed by atoms with van der Waals surface area (Å²) in [6.07, 6.45) is 0.436. The van der Waals surface area contributed by atoms with Gasteiger partial charge in [-0.2, -0.15) is 0 Å². The molecular weight excluding hydrogens is 304 g/mol. The van der Waals surface area contributed by atoms with Gasteiger partial charge in [0, 0.05) is 31.6 Å². The van der Waals surface area contributed by atoms with Crippen molar-refractivity contribution in [3.63, 3.8) is 0 Å². The fourth-order valence-electron chi connectivity index (χ4n) is 2.31. The van der Waals surface area contributed by atoms with Crippen LogP contribution < -0.4 is 20.1 Å². The van der Waals surface area contributed by atoms with Crippen LogP contribution in [-0.2, 0) is 17.9 Å². The number of carbonyl (C=O) groups is 1. The third-order valence-corrected chi connectivity index (χ3v) is 3.69. The first-order valence-corrected chi connectivity index (χ1v) is 7.95. The van der Waals surface area contributed by atoms with Crippen molar-refractivity contribution in [2.45, 2.75) is 19.5 Å². The van der Waals surface area contributed by atoms with Crippen molar-refractivity contribution in [2.75, 3.05) is 20.8 Å². The fraction of sp³-hybridized carbons (Fsp3) is 0.316. The predicted molar refractivity (Wildman–Crippen MR) is 94.2 cm³/mol. The van der Waals surface area contributed by atoms with Gasteiger partial charge in [0.15, 0.2) is 0 Å². The number of rotatable bonds is 9. The number of benzene rings is 2. The van der Waals surface area contributed by atoms with E-state index in [2.05, 4.69) is 10.6 Å². The SMILES string of the molecule is COc1ccc(CNC(=O)CCNCc2ccccc2OC)cc1. The van der Waals surface area contributed by atoms with Gasteiger partial charge in [0.2, 0.25) is 5.91 Å². The fourth-order valence-corrected chi connectivity index (χ4v) is 2.31. The Balaban J connectivity index is 1.66. The molecule has 0 aliphatic carbocycles. The highest BCUT2D eigenvalue weighted by Crippen LogP contribution is 2.16. The maximum atomic E-state index is 11.9. The highest BCUT2D eigenvalue weighted by molar-refractivity contribution is 5.76. The number of amides is 1. The molecule has 2 aromatic carbocycles. The van der Waals surface area contributed by atoms with Crippen molar-refractivity contribution in [3.05, 3.63) is 59.7 Å². The average Bonchev–Trinajstić information content (AvgIpc) is 2.64. The highest BCUT2D eigenvalue weighted by Gasteiger charge is 2.03. The Morgan fingerprint density at radius 1 is 0.958 bits per heavy atom. The second-order valence-corrected chi connectivity index (χ2v) is 5.36. The summed E-state index contributed by atoms with van der Waals surface area (Å²) in [5, 5.41) is 6.18. The first-order chi connectivity index (χ1) is 11.7. The van der Waals surface area contributed by atoms with Crippen LogP contribution in [0.25, 0.3) is 0 Å². The maximum Gasteiger partial charge on any atom is 0.221 e. The molecule has 2 rings (SSSR count). The van der Waals surface area contributed by atoms with Crippen LogP contribution in [-0.4, -0.2) is 26.7 Å². The molecule has 0 fully saturated rings. The van der Waals surface area contributed by atoms with Gasteiger partial charge < -0.3 is 20.1 Å². The molecule has 0 atom stereocenters. The van der Waals surface area contributed by atoms with Crippen LogP contribution in [0.5, 0.6) is 11.5 Å². The van der Waals surface area contributed by atoms with Gasteiger partial charge in [0.25, 0.3) is 0 Å². The second-order valence-electron chi connectivity index (χ2n) is 5.36. The number of hydrogen-bond acceptors (Lipinski definition) is 4. The molecule has 5 heteroatoms. The van der Waals surface area contributed by atoms with Crippen LogP contribution in [0.3, 0.4) is 0 Å². The van der Waals surface area contributed by atoms with Gasteiger partial charge in [0.1, 0.15) is 11.5 Å². The molecule has 0 aliphatic rings. The van der Waals surface area contributed by atoms with Crippen molar-refractivity contribution >= 4 is 5.91 Å². The van der Waals surface area contributed by atoms with Crippen molar-refractivity contribution in [1.82, 2.24) is 10.6 Å². The van der Waals surface area contributed by atoms with Gasteiger partial charge in [-0.25, -0.2) is 0 Å². The summed E-state index contributed by atoms with van der Waals surface area (Å²) >= 11 is 0. The number of para-hydroxylation sites is 1. The van der Waals surface area contributed by atoms with Gasteiger partial charge in [-0.15, -0.1) is 0 Å². The van der Waals surface area contributed by atoms with E-state index in [0.717, 1.165) is 22.6 Å². The monoisotopic (exact) mass is 328 g/mol. The Hall–Kier alpha value is -2.53. The standard InChI is InChI=1S/C19H24N2O3/c1-23-17-9-7-15(8-10-17)13-21-19(22)11-12-20-14-16-5-3-4-6-18(16)24-2/h3-10,20H,11-14H2,1-2H3,(H,21,22). The number of carbonyl (C=O) groups excluding carboxylic acids is 1. The van der Waals surface area contributed by atoms with Crippen LogP contribution in [0.15, 0.2) is 48.5 Å². The number of hydrogen-bond donors (Lipinski definition) is 2. The Bertz CT molecular complexity index is 641. The van der Waals surface area contributed by atoms with E-state index in [1.165, 1.54) is 0 Å². The van der Waals surface area contributed by atoms with Crippen LogP contribution in [0.2, 0.25) is 0 Å². The summed E-state index contributed by atoms with van der Waals surface area (Å²) in [5.41, 5.74) is 2.13. The largest absolute Gasteiger partial charge is 0.497 e. The molecule has 0 radical (unpaired) electrons. The second kappa shape index (κ2) is 9.57. The molecule has 0 aromatic heterocycles. The minimum atomic E-state index is 0.0262. The molecule has 1 amide bonds. The van der Waals surface area contributed by atoms with E-state index in [1.807, 2.05) is 48.5 Å². The average molecular weight is 328 g/mol. The summed E-state index contributed by atoms with van der Waals surface area (Å²) in [4.78, 5) is 11.9. The Morgan fingerprint density at radius 3 is 2.42 bits per heavy atom. The number of methoxy groups -OCH3 is 2. The van der Waals surface area contributed by atoms with E-state index in [4.69, 9.17) is 9.47 Å². The molecule has 0 aliphatic heterocycles. The lowest BCUT2D eigenvalue weighted by molar-refractivity contribution is -0.121. The van der Waals surface area contributed by atoms with E-state index in [1.54, 1.807) is 14.2 Å². The van der Waals surface area contributed by atoms with Crippen molar-refractivity contribution in [1.29, 1.82) is 0 Å². The smallest absolute Gasteiger partial charge is 0.221 e. The summed E-state index contributed by atoms with van der Waals surface area (Å²) in [7, 11) is 3.29. The Morgan fingerprint density at radius 2 is 1.71 bits per heavy atom. The molecule has 2 aromatic rings. The summed E-state index contributed by atoms with van der Waals surface area (Å²) in [5.74, 6) is 1.69. The molecule has 0 heterocycles. The molecule has 128 valence electrons. The first-order valence-electron chi connectivity index (χ1n) is 7.95. The van der Waals surface area contributed by atoms with Crippen LogP contribution in [0.4, 0.5) is 0 Å². The topological polar surface area (TPSA) is 59.6 Å². The van der Waals surface area contributed by atoms with Gasteiger partial charge in [-0.05, 0) is 23.8 Å². The highest BCUT2D eigenvalue weighted by atomic mass is 16.5. The molecule has 0 spiro atoms. The molecule has 24 heavy (non-hydrogen) atoms. The van der Waals surface area contributed by atoms with E-state index < -0.39 is 0 Å². The Labute approximate surface area is 143 Å². The van der Waals surface area contributed by atoms with E-state index >= 15 is 0 Å². The molecule has 0 saturated heterocycles. The lowest BCUT2D eigenvalue weighted by Gasteiger charge is -2.10. The molecular formula is C19H24N2O3. The van der Waals surface area contributed by atoms with Gasteiger partial charge in [-0.1, -0.05) is 30.3 Å². The van der Waals surface area contributed by atoms with Gasteiger partial charge in [0.05, 0.1) is 14.2 Å². The minimum absolute atomic E-state index is 0.0262. The third-order valence-electron chi connectivity index (χ3n) is 3.69. The van der Waals surface area contributed by atoms with Crippen molar-refractivity contribution in [2.24, 2.45) is 0 Å². The van der Waals surface area contributed by atoms with Crippen molar-refractivity contribution < 1.29 is 14.3 Å². The lowest BCUT2D eigenvalue weighted by atomic mass is 10.2. The zero-order valence-corrected chi connectivity index (χ0v) is 14.2. The Kier molecular flexibility index (Phi) is 7.11. The third kappa shape index (κ3) is 5.59. The molecule has 0 unspecified atom stereocenters. The quantitative estimate of drug-likeness (QED) is 0.695. The lowest BCUT2D eigenvalue weighted by Crippen LogP contribution is -2.27.